The molecule has 0 aromatic heterocycles. The Morgan fingerprint density at radius 3 is 2.35 bits per heavy atom. The molecule has 17 heavy (non-hydrogen) atoms. The molecule has 0 aliphatic rings. The van der Waals surface area contributed by atoms with E-state index in [1.807, 2.05) is 0 Å². The Morgan fingerprint density at radius 1 is 1.29 bits per heavy atom. The molecule has 1 aromatic carbocycles. The monoisotopic (exact) mass is 247 g/mol. The van der Waals surface area contributed by atoms with Crippen LogP contribution < -0.4 is 5.32 Å². The minimum absolute atomic E-state index is 0.0253. The van der Waals surface area contributed by atoms with Crippen LogP contribution in [0.4, 0.5) is 13.2 Å². The van der Waals surface area contributed by atoms with Crippen LogP contribution in [0.25, 0.3) is 0 Å². The predicted octanol–water partition coefficient (Wildman–Crippen LogP) is 1.97. The van der Waals surface area contributed by atoms with Gasteiger partial charge in [-0.2, -0.15) is 13.2 Å². The maximum absolute atomic E-state index is 12.2. The molecule has 0 atom stereocenters. The number of rotatable bonds is 4. The minimum Gasteiger partial charge on any atom is -0.468 e. The van der Waals surface area contributed by atoms with Gasteiger partial charge in [0, 0.05) is 6.54 Å². The first-order valence-electron chi connectivity index (χ1n) is 4.87. The van der Waals surface area contributed by atoms with E-state index in [0.29, 0.717) is 12.1 Å². The number of ether oxygens (including phenoxy) is 1. The fourth-order valence-electron chi connectivity index (χ4n) is 1.19. The molecule has 0 radical (unpaired) electrons. The van der Waals surface area contributed by atoms with E-state index in [1.54, 1.807) is 0 Å². The van der Waals surface area contributed by atoms with Gasteiger partial charge in [-0.05, 0) is 17.7 Å². The predicted molar refractivity (Wildman–Crippen MR) is 55.2 cm³/mol. The van der Waals surface area contributed by atoms with Gasteiger partial charge in [-0.25, -0.2) is 0 Å². The number of nitrogens with one attached hydrogen (secondary N) is 1. The summed E-state index contributed by atoms with van der Waals surface area (Å²) in [4.78, 5) is 10.8. The van der Waals surface area contributed by atoms with Gasteiger partial charge < -0.3 is 10.1 Å². The molecule has 1 aromatic rings. The summed E-state index contributed by atoms with van der Waals surface area (Å²) in [6, 6.07) is 4.75. The smallest absolute Gasteiger partial charge is 0.416 e. The molecule has 0 aliphatic carbocycles. The van der Waals surface area contributed by atoms with E-state index in [0.717, 1.165) is 12.1 Å². The fourth-order valence-corrected chi connectivity index (χ4v) is 1.19. The van der Waals surface area contributed by atoms with Crippen LogP contribution in [0.3, 0.4) is 0 Å². The molecule has 0 saturated carbocycles. The number of methoxy groups -OCH3 is 1. The fraction of sp³-hybridized carbons (Fsp3) is 0.364. The number of benzene rings is 1. The van der Waals surface area contributed by atoms with Gasteiger partial charge in [-0.15, -0.1) is 0 Å². The molecule has 1 rings (SSSR count). The van der Waals surface area contributed by atoms with E-state index in [-0.39, 0.29) is 6.54 Å². The van der Waals surface area contributed by atoms with Gasteiger partial charge in [0.25, 0.3) is 0 Å². The first kappa shape index (κ1) is 13.5. The van der Waals surface area contributed by atoms with Crippen LogP contribution in [0.2, 0.25) is 0 Å². The Bertz CT molecular complexity index is 373. The molecule has 6 heteroatoms. The van der Waals surface area contributed by atoms with Crippen LogP contribution in [-0.4, -0.2) is 19.6 Å². The second-order valence-electron chi connectivity index (χ2n) is 3.37. The lowest BCUT2D eigenvalue weighted by molar-refractivity contribution is -0.139. The van der Waals surface area contributed by atoms with Crippen molar-refractivity contribution in [2.24, 2.45) is 0 Å². The summed E-state index contributed by atoms with van der Waals surface area (Å²) in [5, 5.41) is 2.75. The standard InChI is InChI=1S/C11H12F3NO2/c1-17-10(16)7-15-6-8-2-4-9(5-3-8)11(12,13)14/h2-5,15H,6-7H2,1H3. The molecule has 3 nitrogen and oxygen atoms in total. The highest BCUT2D eigenvalue weighted by Crippen LogP contribution is 2.28. The van der Waals surface area contributed by atoms with Crippen LogP contribution in [0.1, 0.15) is 11.1 Å². The number of halogens is 3. The summed E-state index contributed by atoms with van der Waals surface area (Å²) >= 11 is 0. The minimum atomic E-state index is -4.32. The van der Waals surface area contributed by atoms with E-state index in [1.165, 1.54) is 19.2 Å². The maximum Gasteiger partial charge on any atom is 0.416 e. The Labute approximate surface area is 96.6 Å². The van der Waals surface area contributed by atoms with E-state index < -0.39 is 17.7 Å². The van der Waals surface area contributed by atoms with Gasteiger partial charge in [0.05, 0.1) is 19.2 Å². The highest BCUT2D eigenvalue weighted by molar-refractivity contribution is 5.71. The molecule has 0 amide bonds. The molecule has 0 aliphatic heterocycles. The molecule has 0 fully saturated rings. The summed E-state index contributed by atoms with van der Waals surface area (Å²) in [6.07, 6.45) is -4.32. The van der Waals surface area contributed by atoms with Gasteiger partial charge in [0.1, 0.15) is 0 Å². The van der Waals surface area contributed by atoms with E-state index in [2.05, 4.69) is 10.1 Å². The van der Waals surface area contributed by atoms with Crippen LogP contribution in [0.5, 0.6) is 0 Å². The van der Waals surface area contributed by atoms with Crippen molar-refractivity contribution in [2.75, 3.05) is 13.7 Å². The Hall–Kier alpha value is -1.56. The molecule has 1 N–H and O–H groups in total. The highest BCUT2D eigenvalue weighted by Gasteiger charge is 2.29. The molecular weight excluding hydrogens is 235 g/mol. The molecular formula is C11H12F3NO2. The zero-order valence-electron chi connectivity index (χ0n) is 9.17. The third kappa shape index (κ3) is 4.44. The Kier molecular flexibility index (Phi) is 4.51. The number of hydrogen-bond acceptors (Lipinski definition) is 3. The quantitative estimate of drug-likeness (QED) is 0.827. The molecule has 0 bridgehead atoms. The zero-order chi connectivity index (χ0) is 12.9. The second kappa shape index (κ2) is 5.67. The lowest BCUT2D eigenvalue weighted by Crippen LogP contribution is -2.23. The van der Waals surface area contributed by atoms with Crippen molar-refractivity contribution in [1.29, 1.82) is 0 Å². The first-order valence-corrected chi connectivity index (χ1v) is 4.87. The Morgan fingerprint density at radius 2 is 1.88 bits per heavy atom. The zero-order valence-corrected chi connectivity index (χ0v) is 9.17. The summed E-state index contributed by atoms with van der Waals surface area (Å²) < 4.78 is 41.1. The molecule has 0 heterocycles. The van der Waals surface area contributed by atoms with Gasteiger partial charge in [-0.3, -0.25) is 4.79 Å². The van der Waals surface area contributed by atoms with Gasteiger partial charge >= 0.3 is 12.1 Å². The Balaban J connectivity index is 2.49. The van der Waals surface area contributed by atoms with E-state index in [4.69, 9.17) is 0 Å². The maximum atomic E-state index is 12.2. The second-order valence-corrected chi connectivity index (χ2v) is 3.37. The normalized spacial score (nSPS) is 11.3. The first-order chi connectivity index (χ1) is 7.93. The third-order valence-corrected chi connectivity index (χ3v) is 2.11. The van der Waals surface area contributed by atoms with Crippen LogP contribution in [0, 0.1) is 0 Å². The number of esters is 1. The average Bonchev–Trinajstić information content (AvgIpc) is 2.28. The van der Waals surface area contributed by atoms with Crippen molar-refractivity contribution in [2.45, 2.75) is 12.7 Å². The van der Waals surface area contributed by atoms with Crippen molar-refractivity contribution in [1.82, 2.24) is 5.32 Å². The lowest BCUT2D eigenvalue weighted by atomic mass is 10.1. The number of hydrogen-bond donors (Lipinski definition) is 1. The summed E-state index contributed by atoms with van der Waals surface area (Å²) in [5.41, 5.74) is -0.0175. The molecule has 0 saturated heterocycles. The third-order valence-electron chi connectivity index (χ3n) is 2.11. The van der Waals surface area contributed by atoms with Crippen molar-refractivity contribution < 1.29 is 22.7 Å². The van der Waals surface area contributed by atoms with Crippen molar-refractivity contribution in [3.63, 3.8) is 0 Å². The van der Waals surface area contributed by atoms with E-state index >= 15 is 0 Å². The number of carbonyl (C=O) groups excluding carboxylic acids is 1. The van der Waals surface area contributed by atoms with Gasteiger partial charge in [0.2, 0.25) is 0 Å². The number of carbonyl (C=O) groups is 1. The topological polar surface area (TPSA) is 38.3 Å². The van der Waals surface area contributed by atoms with Crippen molar-refractivity contribution >= 4 is 5.97 Å². The molecule has 0 unspecified atom stereocenters. The van der Waals surface area contributed by atoms with Crippen LogP contribution in [-0.2, 0) is 22.3 Å². The van der Waals surface area contributed by atoms with Gasteiger partial charge in [0.15, 0.2) is 0 Å². The van der Waals surface area contributed by atoms with Crippen LogP contribution in [0.15, 0.2) is 24.3 Å². The summed E-state index contributed by atoms with van der Waals surface area (Å²) in [6.45, 7) is 0.338. The lowest BCUT2D eigenvalue weighted by Gasteiger charge is -2.08. The van der Waals surface area contributed by atoms with Crippen LogP contribution >= 0.6 is 0 Å². The number of alkyl halides is 3. The van der Waals surface area contributed by atoms with E-state index in [9.17, 15) is 18.0 Å². The largest absolute Gasteiger partial charge is 0.468 e. The highest BCUT2D eigenvalue weighted by atomic mass is 19.4. The van der Waals surface area contributed by atoms with Crippen molar-refractivity contribution in [3.8, 4) is 0 Å². The molecule has 94 valence electrons. The van der Waals surface area contributed by atoms with Gasteiger partial charge in [-0.1, -0.05) is 12.1 Å². The SMILES string of the molecule is COC(=O)CNCc1ccc(C(F)(F)F)cc1. The summed E-state index contributed by atoms with van der Waals surface area (Å²) in [5.74, 6) is -0.420. The average molecular weight is 247 g/mol. The summed E-state index contributed by atoms with van der Waals surface area (Å²) in [7, 11) is 1.27. The molecule has 0 spiro atoms. The van der Waals surface area contributed by atoms with Crippen molar-refractivity contribution in [3.05, 3.63) is 35.4 Å².